The predicted octanol–water partition coefficient (Wildman–Crippen LogP) is 2.65. The molecule has 0 atom stereocenters. The number of hydrogen-bond acceptors (Lipinski definition) is 3. The van der Waals surface area contributed by atoms with Gasteiger partial charge in [-0.25, -0.2) is 8.42 Å². The highest BCUT2D eigenvalue weighted by Crippen LogP contribution is 2.24. The number of benzene rings is 1. The van der Waals surface area contributed by atoms with Crippen LogP contribution in [0, 0.1) is 6.92 Å². The highest BCUT2D eigenvalue weighted by atomic mass is 35.5. The average molecular weight is 275 g/mol. The molecule has 0 aromatic heterocycles. The van der Waals surface area contributed by atoms with Gasteiger partial charge in [0.05, 0.1) is 0 Å². The SMILES string of the molecule is Cc1ccc(C(=O)C(C)(C)S(C)(=O)=O)cc1Cl. The molecule has 0 bridgehead atoms. The Labute approximate surface area is 107 Å². The Balaban J connectivity index is 3.27. The standard InChI is InChI=1S/C12H15ClO3S/c1-8-5-6-9(7-10(8)13)11(14)12(2,3)17(4,15)16/h5-7H,1-4H3. The van der Waals surface area contributed by atoms with E-state index in [1.54, 1.807) is 12.1 Å². The van der Waals surface area contributed by atoms with Gasteiger partial charge in [0.2, 0.25) is 0 Å². The molecule has 0 amide bonds. The number of Topliss-reactive ketones (excluding diaryl/α,β-unsaturated/α-hetero) is 1. The minimum Gasteiger partial charge on any atom is -0.292 e. The number of hydrogen-bond donors (Lipinski definition) is 0. The van der Waals surface area contributed by atoms with E-state index in [0.29, 0.717) is 10.6 Å². The quantitative estimate of drug-likeness (QED) is 0.796. The minimum absolute atomic E-state index is 0.316. The van der Waals surface area contributed by atoms with Crippen LogP contribution in [0.25, 0.3) is 0 Å². The molecule has 0 heterocycles. The van der Waals surface area contributed by atoms with Gasteiger partial charge in [-0.2, -0.15) is 0 Å². The van der Waals surface area contributed by atoms with Crippen LogP contribution in [0.1, 0.15) is 29.8 Å². The Bertz CT molecular complexity index is 559. The van der Waals surface area contributed by atoms with E-state index in [0.717, 1.165) is 11.8 Å². The van der Waals surface area contributed by atoms with E-state index in [9.17, 15) is 13.2 Å². The highest BCUT2D eigenvalue weighted by Gasteiger charge is 2.38. The molecule has 0 aliphatic carbocycles. The average Bonchev–Trinajstić information content (AvgIpc) is 2.19. The number of halogens is 1. The Hall–Kier alpha value is -0.870. The van der Waals surface area contributed by atoms with Gasteiger partial charge in [-0.05, 0) is 32.4 Å². The van der Waals surface area contributed by atoms with Gasteiger partial charge in [-0.3, -0.25) is 4.79 Å². The molecule has 0 saturated carbocycles. The normalized spacial score (nSPS) is 12.5. The first-order valence-corrected chi connectivity index (χ1v) is 7.35. The molecule has 17 heavy (non-hydrogen) atoms. The van der Waals surface area contributed by atoms with E-state index in [1.165, 1.54) is 19.9 Å². The van der Waals surface area contributed by atoms with E-state index in [2.05, 4.69) is 0 Å². The van der Waals surface area contributed by atoms with Gasteiger partial charge < -0.3 is 0 Å². The first kappa shape index (κ1) is 14.2. The van der Waals surface area contributed by atoms with Crippen LogP contribution in [-0.4, -0.2) is 25.2 Å². The third-order valence-corrected chi connectivity index (χ3v) is 5.35. The topological polar surface area (TPSA) is 51.2 Å². The van der Waals surface area contributed by atoms with Crippen molar-refractivity contribution >= 4 is 27.2 Å². The van der Waals surface area contributed by atoms with Crippen LogP contribution in [0.3, 0.4) is 0 Å². The zero-order valence-corrected chi connectivity index (χ0v) is 11.8. The fraction of sp³-hybridized carbons (Fsp3) is 0.417. The summed E-state index contributed by atoms with van der Waals surface area (Å²) < 4.78 is 21.7. The van der Waals surface area contributed by atoms with Crippen LogP contribution in [0.5, 0.6) is 0 Å². The number of rotatable bonds is 3. The highest BCUT2D eigenvalue weighted by molar-refractivity contribution is 7.92. The second kappa shape index (κ2) is 4.42. The number of ketones is 1. The fourth-order valence-corrected chi connectivity index (χ4v) is 1.89. The molecule has 0 saturated heterocycles. The smallest absolute Gasteiger partial charge is 0.183 e. The maximum absolute atomic E-state index is 12.1. The summed E-state index contributed by atoms with van der Waals surface area (Å²) in [5.74, 6) is -0.443. The van der Waals surface area contributed by atoms with E-state index in [-0.39, 0.29) is 0 Å². The van der Waals surface area contributed by atoms with Gasteiger partial charge in [0, 0.05) is 16.8 Å². The lowest BCUT2D eigenvalue weighted by Gasteiger charge is -2.21. The molecule has 0 fully saturated rings. The van der Waals surface area contributed by atoms with Crippen molar-refractivity contribution in [3.05, 3.63) is 34.3 Å². The van der Waals surface area contributed by atoms with Gasteiger partial charge in [0.25, 0.3) is 0 Å². The Morgan fingerprint density at radius 3 is 2.24 bits per heavy atom. The summed E-state index contributed by atoms with van der Waals surface area (Å²) in [6.45, 7) is 4.62. The Morgan fingerprint density at radius 2 is 1.82 bits per heavy atom. The van der Waals surface area contributed by atoms with Crippen LogP contribution in [-0.2, 0) is 9.84 Å². The van der Waals surface area contributed by atoms with Crippen molar-refractivity contribution in [2.24, 2.45) is 0 Å². The molecule has 0 radical (unpaired) electrons. The zero-order valence-electron chi connectivity index (χ0n) is 10.2. The van der Waals surface area contributed by atoms with Crippen molar-refractivity contribution < 1.29 is 13.2 Å². The van der Waals surface area contributed by atoms with E-state index < -0.39 is 20.4 Å². The van der Waals surface area contributed by atoms with Crippen molar-refractivity contribution in [1.82, 2.24) is 0 Å². The molecule has 0 N–H and O–H groups in total. The predicted molar refractivity (Wildman–Crippen MR) is 69.4 cm³/mol. The summed E-state index contributed by atoms with van der Waals surface area (Å²) >= 11 is 5.92. The molecule has 3 nitrogen and oxygen atoms in total. The number of sulfone groups is 1. The molecule has 94 valence electrons. The summed E-state index contributed by atoms with van der Waals surface area (Å²) in [6.07, 6.45) is 1.06. The van der Waals surface area contributed by atoms with Crippen LogP contribution < -0.4 is 0 Å². The van der Waals surface area contributed by atoms with Crippen molar-refractivity contribution in [3.63, 3.8) is 0 Å². The third kappa shape index (κ3) is 2.69. The zero-order chi connectivity index (χ0) is 13.4. The molecule has 1 aromatic carbocycles. The summed E-state index contributed by atoms with van der Waals surface area (Å²) in [7, 11) is -3.47. The maximum Gasteiger partial charge on any atom is 0.183 e. The van der Waals surface area contributed by atoms with Gasteiger partial charge in [0.1, 0.15) is 4.75 Å². The summed E-state index contributed by atoms with van der Waals surface area (Å²) in [5.41, 5.74) is 1.16. The minimum atomic E-state index is -3.47. The fourth-order valence-electron chi connectivity index (χ4n) is 1.25. The van der Waals surface area contributed by atoms with E-state index >= 15 is 0 Å². The van der Waals surface area contributed by atoms with Crippen LogP contribution in [0.4, 0.5) is 0 Å². The van der Waals surface area contributed by atoms with E-state index in [4.69, 9.17) is 11.6 Å². The van der Waals surface area contributed by atoms with Gasteiger partial charge in [-0.1, -0.05) is 23.7 Å². The Morgan fingerprint density at radius 1 is 1.29 bits per heavy atom. The molecule has 0 unspecified atom stereocenters. The molecule has 0 spiro atoms. The number of carbonyl (C=O) groups is 1. The third-order valence-electron chi connectivity index (χ3n) is 2.91. The monoisotopic (exact) mass is 274 g/mol. The van der Waals surface area contributed by atoms with Crippen LogP contribution in [0.15, 0.2) is 18.2 Å². The van der Waals surface area contributed by atoms with Crippen molar-refractivity contribution in [2.75, 3.05) is 6.26 Å². The lowest BCUT2D eigenvalue weighted by atomic mass is 9.99. The lowest BCUT2D eigenvalue weighted by Crippen LogP contribution is -2.39. The summed E-state index contributed by atoms with van der Waals surface area (Å²) in [6, 6.07) is 4.80. The second-order valence-electron chi connectivity index (χ2n) is 4.58. The van der Waals surface area contributed by atoms with Crippen molar-refractivity contribution in [1.29, 1.82) is 0 Å². The second-order valence-corrected chi connectivity index (χ2v) is 7.55. The molecule has 5 heteroatoms. The molecular formula is C12H15ClO3S. The van der Waals surface area contributed by atoms with Crippen molar-refractivity contribution in [2.45, 2.75) is 25.5 Å². The number of aryl methyl sites for hydroxylation is 1. The Kier molecular flexibility index (Phi) is 3.69. The molecule has 0 aliphatic rings. The summed E-state index contributed by atoms with van der Waals surface area (Å²) in [5, 5.41) is 0.458. The van der Waals surface area contributed by atoms with Gasteiger partial charge in [0.15, 0.2) is 15.6 Å². The van der Waals surface area contributed by atoms with Crippen molar-refractivity contribution in [3.8, 4) is 0 Å². The summed E-state index contributed by atoms with van der Waals surface area (Å²) in [4.78, 5) is 12.1. The maximum atomic E-state index is 12.1. The molecular weight excluding hydrogens is 260 g/mol. The van der Waals surface area contributed by atoms with Crippen LogP contribution >= 0.6 is 11.6 Å². The van der Waals surface area contributed by atoms with Crippen LogP contribution in [0.2, 0.25) is 5.02 Å². The van der Waals surface area contributed by atoms with E-state index in [1.807, 2.05) is 6.92 Å². The lowest BCUT2D eigenvalue weighted by molar-refractivity contribution is 0.0954. The largest absolute Gasteiger partial charge is 0.292 e. The first-order valence-electron chi connectivity index (χ1n) is 5.08. The first-order chi connectivity index (χ1) is 7.57. The molecule has 0 aliphatic heterocycles. The molecule has 1 rings (SSSR count). The number of carbonyl (C=O) groups excluding carboxylic acids is 1. The van der Waals surface area contributed by atoms with Gasteiger partial charge >= 0.3 is 0 Å². The molecule has 1 aromatic rings. The van der Waals surface area contributed by atoms with Gasteiger partial charge in [-0.15, -0.1) is 0 Å².